The van der Waals surface area contributed by atoms with E-state index in [0.29, 0.717) is 17.7 Å². The van der Waals surface area contributed by atoms with Gasteiger partial charge in [-0.2, -0.15) is 0 Å². The maximum Gasteiger partial charge on any atom is 0.303 e. The van der Waals surface area contributed by atoms with Crippen LogP contribution in [0.5, 0.6) is 0 Å². The number of sulfone groups is 1. The minimum absolute atomic E-state index is 0.0308. The van der Waals surface area contributed by atoms with Crippen molar-refractivity contribution in [3.63, 3.8) is 0 Å². The molecule has 2 N–H and O–H groups in total. The van der Waals surface area contributed by atoms with E-state index >= 15 is 0 Å². The fourth-order valence-corrected chi connectivity index (χ4v) is 3.58. The highest BCUT2D eigenvalue weighted by Crippen LogP contribution is 2.17. The highest BCUT2D eigenvalue weighted by atomic mass is 32.2. The maximum atomic E-state index is 12.2. The molecule has 0 saturated carbocycles. The summed E-state index contributed by atoms with van der Waals surface area (Å²) in [6, 6.07) is 13.4. The van der Waals surface area contributed by atoms with Crippen molar-refractivity contribution in [2.75, 3.05) is 5.32 Å². The van der Waals surface area contributed by atoms with Crippen molar-refractivity contribution in [2.24, 2.45) is 0 Å². The number of nitrogens with one attached hydrogen (secondary N) is 1. The largest absolute Gasteiger partial charge is 0.481 e. The molecule has 7 heteroatoms. The smallest absolute Gasteiger partial charge is 0.303 e. The molecular weight excluding hydrogens is 366 g/mol. The Morgan fingerprint density at radius 2 is 1.70 bits per heavy atom. The third kappa shape index (κ3) is 5.92. The van der Waals surface area contributed by atoms with Gasteiger partial charge in [0.25, 0.3) is 0 Å². The lowest BCUT2D eigenvalue weighted by atomic mass is 10.1. The average molecular weight is 389 g/mol. The molecule has 0 aliphatic carbocycles. The second kappa shape index (κ2) is 8.81. The summed E-state index contributed by atoms with van der Waals surface area (Å²) < 4.78 is 24.2. The van der Waals surface area contributed by atoms with Crippen LogP contribution >= 0.6 is 0 Å². The van der Waals surface area contributed by atoms with Crippen molar-refractivity contribution in [2.45, 2.75) is 43.3 Å². The molecule has 0 aliphatic rings. The van der Waals surface area contributed by atoms with Crippen molar-refractivity contribution in [3.05, 3.63) is 59.7 Å². The van der Waals surface area contributed by atoms with E-state index in [-0.39, 0.29) is 23.6 Å². The van der Waals surface area contributed by atoms with Crippen molar-refractivity contribution < 1.29 is 23.1 Å². The summed E-state index contributed by atoms with van der Waals surface area (Å²) in [5.74, 6) is -1.10. The number of hydrogen-bond donors (Lipinski definition) is 2. The van der Waals surface area contributed by atoms with Gasteiger partial charge < -0.3 is 10.4 Å². The number of carbonyl (C=O) groups is 2. The minimum atomic E-state index is -3.33. The predicted octanol–water partition coefficient (Wildman–Crippen LogP) is 3.07. The van der Waals surface area contributed by atoms with E-state index in [4.69, 9.17) is 5.11 Å². The zero-order valence-corrected chi connectivity index (χ0v) is 16.1. The molecule has 0 unspecified atom stereocenters. The topological polar surface area (TPSA) is 101 Å². The zero-order valence-electron chi connectivity index (χ0n) is 15.3. The quantitative estimate of drug-likeness (QED) is 0.723. The number of benzene rings is 2. The van der Waals surface area contributed by atoms with Gasteiger partial charge in [-0.15, -0.1) is 0 Å². The van der Waals surface area contributed by atoms with Crippen LogP contribution < -0.4 is 5.32 Å². The van der Waals surface area contributed by atoms with Gasteiger partial charge in [0.1, 0.15) is 0 Å². The maximum absolute atomic E-state index is 12.2. The number of carboxylic acid groups (broad SMARTS) is 1. The Bertz CT molecular complexity index is 918. The summed E-state index contributed by atoms with van der Waals surface area (Å²) in [6.45, 7) is 3.25. The van der Waals surface area contributed by atoms with Crippen LogP contribution in [0.15, 0.2) is 53.4 Å². The molecule has 6 nitrogen and oxygen atoms in total. The highest BCUT2D eigenvalue weighted by molar-refractivity contribution is 7.92. The van der Waals surface area contributed by atoms with E-state index in [0.717, 1.165) is 5.56 Å². The second-order valence-corrected chi connectivity index (χ2v) is 9.06. The number of hydrogen-bond acceptors (Lipinski definition) is 4. The molecule has 2 aromatic carbocycles. The van der Waals surface area contributed by atoms with Crippen LogP contribution in [0.25, 0.3) is 0 Å². The van der Waals surface area contributed by atoms with Gasteiger partial charge in [-0.1, -0.05) is 24.3 Å². The van der Waals surface area contributed by atoms with E-state index in [9.17, 15) is 18.0 Å². The molecule has 0 heterocycles. The van der Waals surface area contributed by atoms with Crippen LogP contribution in [0.1, 0.15) is 31.4 Å². The number of carbonyl (C=O) groups excluding carboxylic acids is 1. The molecule has 1 amide bonds. The van der Waals surface area contributed by atoms with Gasteiger partial charge in [-0.05, 0) is 55.7 Å². The Kier molecular flexibility index (Phi) is 6.74. The van der Waals surface area contributed by atoms with Crippen LogP contribution in [0.3, 0.4) is 0 Å². The van der Waals surface area contributed by atoms with Gasteiger partial charge in [0.05, 0.1) is 16.6 Å². The van der Waals surface area contributed by atoms with E-state index in [1.165, 1.54) is 12.1 Å². The molecule has 0 fully saturated rings. The molecule has 0 aliphatic heterocycles. The van der Waals surface area contributed by atoms with Crippen LogP contribution in [-0.2, 0) is 32.3 Å². The first-order chi connectivity index (χ1) is 12.7. The lowest BCUT2D eigenvalue weighted by molar-refractivity contribution is -0.137. The molecule has 0 spiro atoms. The van der Waals surface area contributed by atoms with Crippen molar-refractivity contribution in [1.82, 2.24) is 0 Å². The first-order valence-corrected chi connectivity index (χ1v) is 10.2. The Hall–Kier alpha value is -2.67. The first kappa shape index (κ1) is 20.6. The average Bonchev–Trinajstić information content (AvgIpc) is 2.60. The van der Waals surface area contributed by atoms with Gasteiger partial charge in [0.15, 0.2) is 9.84 Å². The molecule has 27 heavy (non-hydrogen) atoms. The van der Waals surface area contributed by atoms with Crippen molar-refractivity contribution in [1.29, 1.82) is 0 Å². The molecule has 2 aromatic rings. The summed E-state index contributed by atoms with van der Waals surface area (Å²) in [5, 5.41) is 11.0. The van der Waals surface area contributed by atoms with E-state index in [1.807, 2.05) is 6.07 Å². The molecule has 144 valence electrons. The Labute approximate surface area is 159 Å². The van der Waals surface area contributed by atoms with Crippen molar-refractivity contribution >= 4 is 27.4 Å². The molecule has 0 bridgehead atoms. The fraction of sp³-hybridized carbons (Fsp3) is 0.300. The minimum Gasteiger partial charge on any atom is -0.481 e. The van der Waals surface area contributed by atoms with Gasteiger partial charge in [0.2, 0.25) is 5.91 Å². The molecule has 0 aromatic heterocycles. The predicted molar refractivity (Wildman–Crippen MR) is 103 cm³/mol. The summed E-state index contributed by atoms with van der Waals surface area (Å²) in [5.41, 5.74) is 2.14. The summed E-state index contributed by atoms with van der Waals surface area (Å²) in [4.78, 5) is 23.1. The summed E-state index contributed by atoms with van der Waals surface area (Å²) in [7, 11) is -3.33. The van der Waals surface area contributed by atoms with Crippen molar-refractivity contribution in [3.8, 4) is 0 Å². The highest BCUT2D eigenvalue weighted by Gasteiger charge is 2.18. The third-order valence-electron chi connectivity index (χ3n) is 4.08. The number of aryl methyl sites for hydroxylation is 1. The molecular formula is C20H23NO5S. The number of amides is 1. The van der Waals surface area contributed by atoms with Gasteiger partial charge >= 0.3 is 5.97 Å². The van der Waals surface area contributed by atoms with Crippen LogP contribution in [-0.4, -0.2) is 30.7 Å². The van der Waals surface area contributed by atoms with Crippen LogP contribution in [0.4, 0.5) is 5.69 Å². The van der Waals surface area contributed by atoms with E-state index < -0.39 is 21.1 Å². The van der Waals surface area contributed by atoms with Gasteiger partial charge in [0, 0.05) is 12.1 Å². The van der Waals surface area contributed by atoms with Gasteiger partial charge in [-0.25, -0.2) is 8.42 Å². The third-order valence-corrected chi connectivity index (χ3v) is 6.25. The molecule has 0 radical (unpaired) electrons. The second-order valence-electron chi connectivity index (χ2n) is 6.56. The summed E-state index contributed by atoms with van der Waals surface area (Å²) in [6.07, 6.45) is 0.537. The molecule has 0 saturated heterocycles. The Morgan fingerprint density at radius 1 is 1.04 bits per heavy atom. The normalized spacial score (nSPS) is 11.4. The summed E-state index contributed by atoms with van der Waals surface area (Å²) >= 11 is 0. The Balaban J connectivity index is 2.00. The Morgan fingerprint density at radius 3 is 2.30 bits per heavy atom. The monoisotopic (exact) mass is 389 g/mol. The molecule has 2 rings (SSSR count). The number of aliphatic carboxylic acids is 1. The fourth-order valence-electron chi connectivity index (χ4n) is 2.52. The van der Waals surface area contributed by atoms with Crippen LogP contribution in [0.2, 0.25) is 0 Å². The number of anilines is 1. The SMILES string of the molecule is CC(C)S(=O)(=O)c1ccc(CC(=O)Nc2cccc(CCC(=O)O)c2)cc1. The molecule has 0 atom stereocenters. The lowest BCUT2D eigenvalue weighted by Crippen LogP contribution is -2.15. The first-order valence-electron chi connectivity index (χ1n) is 8.62. The zero-order chi connectivity index (χ0) is 20.0. The van der Waals surface area contributed by atoms with E-state index in [2.05, 4.69) is 5.32 Å². The standard InChI is InChI=1S/C20H23NO5S/c1-14(2)27(25,26)18-9-6-16(7-10-18)13-19(22)21-17-5-3-4-15(12-17)8-11-20(23)24/h3-7,9-10,12,14H,8,11,13H2,1-2H3,(H,21,22)(H,23,24). The van der Waals surface area contributed by atoms with Crippen LogP contribution in [0, 0.1) is 0 Å². The van der Waals surface area contributed by atoms with Gasteiger partial charge in [-0.3, -0.25) is 9.59 Å². The number of carboxylic acids is 1. The lowest BCUT2D eigenvalue weighted by Gasteiger charge is -2.09. The number of rotatable bonds is 8. The van der Waals surface area contributed by atoms with E-state index in [1.54, 1.807) is 44.2 Å².